The van der Waals surface area contributed by atoms with E-state index in [1.165, 1.54) is 12.1 Å². The normalized spacial score (nSPS) is 13.4. The van der Waals surface area contributed by atoms with E-state index in [4.69, 9.17) is 11.6 Å². The molecule has 0 atom stereocenters. The second kappa shape index (κ2) is 4.27. The molecule has 0 unspecified atom stereocenters. The van der Waals surface area contributed by atoms with Gasteiger partial charge < -0.3 is 11.6 Å². The highest BCUT2D eigenvalue weighted by Crippen LogP contribution is 2.35. The first kappa shape index (κ1) is 12.0. The average molecular weight is 266 g/mol. The smallest absolute Gasteiger partial charge is 0.196 e. The largest absolute Gasteiger partial charge is 0.396 e. The molecule has 0 aromatic heterocycles. The van der Waals surface area contributed by atoms with Crippen molar-refractivity contribution >= 4 is 22.9 Å². The third-order valence-electron chi connectivity index (χ3n) is 3.28. The van der Waals surface area contributed by atoms with Gasteiger partial charge in [-0.05, 0) is 12.1 Å². The summed E-state index contributed by atoms with van der Waals surface area (Å²) < 4.78 is 0. The van der Waals surface area contributed by atoms with E-state index < -0.39 is 0 Å². The molecule has 1 aliphatic rings. The standard InChI is InChI=1S/C14H10N4O2/c15-12-10(17-18-16)6-5-9-11(12)14(20)8-4-2-1-3-7(8)13(9)19/h1-6H,15H2,(H2,16,17). The van der Waals surface area contributed by atoms with Crippen LogP contribution in [0.2, 0.25) is 0 Å². The first-order valence-corrected chi connectivity index (χ1v) is 5.87. The minimum atomic E-state index is -0.290. The van der Waals surface area contributed by atoms with Gasteiger partial charge in [-0.3, -0.25) is 9.59 Å². The van der Waals surface area contributed by atoms with Crippen molar-refractivity contribution in [3.05, 3.63) is 58.7 Å². The Labute approximate surface area is 114 Å². The lowest BCUT2D eigenvalue weighted by molar-refractivity contribution is 0.0980. The Morgan fingerprint density at radius 3 is 2.15 bits per heavy atom. The number of fused-ring (bicyclic) bond motifs is 2. The number of rotatable bonds is 1. The van der Waals surface area contributed by atoms with Crippen molar-refractivity contribution in [2.24, 2.45) is 16.2 Å². The zero-order valence-electron chi connectivity index (χ0n) is 10.3. The Kier molecular flexibility index (Phi) is 2.57. The third kappa shape index (κ3) is 1.51. The number of hydrogen-bond donors (Lipinski definition) is 2. The van der Waals surface area contributed by atoms with Crippen molar-refractivity contribution in [1.82, 2.24) is 0 Å². The number of anilines is 1. The fourth-order valence-corrected chi connectivity index (χ4v) is 2.35. The van der Waals surface area contributed by atoms with E-state index in [0.29, 0.717) is 11.1 Å². The van der Waals surface area contributed by atoms with Gasteiger partial charge in [0.2, 0.25) is 0 Å². The highest BCUT2D eigenvalue weighted by molar-refractivity contribution is 6.30. The molecular weight excluding hydrogens is 256 g/mol. The summed E-state index contributed by atoms with van der Waals surface area (Å²) in [5.74, 6) is 4.48. The Morgan fingerprint density at radius 2 is 1.50 bits per heavy atom. The molecule has 0 bridgehead atoms. The third-order valence-corrected chi connectivity index (χ3v) is 3.28. The summed E-state index contributed by atoms with van der Waals surface area (Å²) >= 11 is 0. The number of nitrogen functional groups attached to an aromatic ring is 1. The first-order valence-electron chi connectivity index (χ1n) is 5.87. The lowest BCUT2D eigenvalue weighted by atomic mass is 9.83. The van der Waals surface area contributed by atoms with Crippen molar-refractivity contribution in [1.29, 1.82) is 0 Å². The van der Waals surface area contributed by atoms with Gasteiger partial charge in [-0.25, -0.2) is 0 Å². The number of nitrogens with two attached hydrogens (primary N) is 2. The van der Waals surface area contributed by atoms with Crippen molar-refractivity contribution < 1.29 is 9.59 Å². The van der Waals surface area contributed by atoms with Crippen LogP contribution in [0, 0.1) is 0 Å². The lowest BCUT2D eigenvalue weighted by Crippen LogP contribution is -2.22. The van der Waals surface area contributed by atoms with Crippen molar-refractivity contribution in [3.63, 3.8) is 0 Å². The molecular formula is C14H10N4O2. The number of ketones is 2. The Morgan fingerprint density at radius 1 is 0.850 bits per heavy atom. The van der Waals surface area contributed by atoms with E-state index in [2.05, 4.69) is 10.3 Å². The second-order valence-electron chi connectivity index (χ2n) is 4.34. The van der Waals surface area contributed by atoms with Gasteiger partial charge in [0.05, 0.1) is 11.3 Å². The van der Waals surface area contributed by atoms with Crippen LogP contribution < -0.4 is 11.6 Å². The van der Waals surface area contributed by atoms with Crippen molar-refractivity contribution in [2.45, 2.75) is 0 Å². The van der Waals surface area contributed by atoms with E-state index in [-0.39, 0.29) is 34.1 Å². The van der Waals surface area contributed by atoms with Gasteiger partial charge in [-0.2, -0.15) is 0 Å². The average Bonchev–Trinajstić information content (AvgIpc) is 2.47. The van der Waals surface area contributed by atoms with Crippen LogP contribution in [-0.4, -0.2) is 11.6 Å². The number of benzene rings is 2. The number of carbonyl (C=O) groups excluding carboxylic acids is 2. The first-order chi connectivity index (χ1) is 9.65. The van der Waals surface area contributed by atoms with Crippen LogP contribution in [0.3, 0.4) is 0 Å². The van der Waals surface area contributed by atoms with Crippen LogP contribution in [0.25, 0.3) is 0 Å². The summed E-state index contributed by atoms with van der Waals surface area (Å²) in [4.78, 5) is 24.9. The Balaban J connectivity index is 2.31. The summed E-state index contributed by atoms with van der Waals surface area (Å²) in [6.45, 7) is 0. The molecule has 0 saturated carbocycles. The molecule has 6 heteroatoms. The van der Waals surface area contributed by atoms with Gasteiger partial charge in [0, 0.05) is 16.7 Å². The van der Waals surface area contributed by atoms with Crippen molar-refractivity contribution in [2.75, 3.05) is 5.73 Å². The van der Waals surface area contributed by atoms with Crippen LogP contribution in [0.1, 0.15) is 31.8 Å². The monoisotopic (exact) mass is 266 g/mol. The quantitative estimate of drug-likeness (QED) is 0.303. The molecule has 4 N–H and O–H groups in total. The van der Waals surface area contributed by atoms with Gasteiger partial charge >= 0.3 is 0 Å². The summed E-state index contributed by atoms with van der Waals surface area (Å²) in [5.41, 5.74) is 7.48. The molecule has 3 rings (SSSR count). The molecule has 0 fully saturated rings. The summed E-state index contributed by atoms with van der Waals surface area (Å²) in [6, 6.07) is 9.69. The number of carbonyl (C=O) groups is 2. The van der Waals surface area contributed by atoms with Crippen molar-refractivity contribution in [3.8, 4) is 0 Å². The highest BCUT2D eigenvalue weighted by atomic mass is 16.1. The lowest BCUT2D eigenvalue weighted by Gasteiger charge is -2.19. The molecule has 20 heavy (non-hydrogen) atoms. The van der Waals surface area contributed by atoms with E-state index in [0.717, 1.165) is 0 Å². The number of nitrogens with zero attached hydrogens (tertiary/aromatic N) is 2. The predicted molar refractivity (Wildman–Crippen MR) is 72.9 cm³/mol. The fourth-order valence-electron chi connectivity index (χ4n) is 2.35. The SMILES string of the molecule is NN=Nc1ccc2c(c1N)C(=O)c1ccccc1C2=O. The second-order valence-corrected chi connectivity index (χ2v) is 4.34. The van der Waals surface area contributed by atoms with E-state index in [1.54, 1.807) is 24.3 Å². The minimum absolute atomic E-state index is 0.115. The van der Waals surface area contributed by atoms with Gasteiger partial charge in [-0.1, -0.05) is 29.5 Å². The zero-order chi connectivity index (χ0) is 14.3. The fraction of sp³-hybridized carbons (Fsp3) is 0. The molecule has 0 radical (unpaired) electrons. The maximum Gasteiger partial charge on any atom is 0.196 e. The zero-order valence-corrected chi connectivity index (χ0v) is 10.3. The molecule has 2 aromatic carbocycles. The molecule has 0 amide bonds. The molecule has 0 spiro atoms. The topological polar surface area (TPSA) is 111 Å². The minimum Gasteiger partial charge on any atom is -0.396 e. The van der Waals surface area contributed by atoms with Gasteiger partial charge in [0.15, 0.2) is 11.6 Å². The molecule has 1 aliphatic carbocycles. The van der Waals surface area contributed by atoms with Gasteiger partial charge in [0.1, 0.15) is 5.69 Å². The molecule has 0 heterocycles. The summed E-state index contributed by atoms with van der Waals surface area (Å²) in [7, 11) is 0. The Hall–Kier alpha value is -3.02. The maximum absolute atomic E-state index is 12.5. The van der Waals surface area contributed by atoms with Gasteiger partial charge in [0.25, 0.3) is 0 Å². The predicted octanol–water partition coefficient (Wildman–Crippen LogP) is 2.00. The van der Waals surface area contributed by atoms with Crippen LogP contribution in [-0.2, 0) is 0 Å². The molecule has 98 valence electrons. The molecule has 0 aliphatic heterocycles. The Bertz CT molecular complexity index is 781. The van der Waals surface area contributed by atoms with Gasteiger partial charge in [-0.15, -0.1) is 5.11 Å². The van der Waals surface area contributed by atoms with Crippen LogP contribution in [0.4, 0.5) is 11.4 Å². The van der Waals surface area contributed by atoms with Crippen LogP contribution in [0.15, 0.2) is 46.7 Å². The van der Waals surface area contributed by atoms with Crippen LogP contribution in [0.5, 0.6) is 0 Å². The number of hydrogen-bond acceptors (Lipinski definition) is 5. The summed E-state index contributed by atoms with van der Waals surface area (Å²) in [6.07, 6.45) is 0. The highest BCUT2D eigenvalue weighted by Gasteiger charge is 2.31. The van der Waals surface area contributed by atoms with Crippen LogP contribution >= 0.6 is 0 Å². The van der Waals surface area contributed by atoms with E-state index in [9.17, 15) is 9.59 Å². The summed E-state index contributed by atoms with van der Waals surface area (Å²) in [5, 5.41) is 6.80. The van der Waals surface area contributed by atoms with E-state index >= 15 is 0 Å². The molecule has 6 nitrogen and oxygen atoms in total. The maximum atomic E-state index is 12.5. The molecule has 0 saturated heterocycles. The van der Waals surface area contributed by atoms with E-state index in [1.807, 2.05) is 0 Å². The molecule has 2 aromatic rings.